The first kappa shape index (κ1) is 15.9. The second-order valence-electron chi connectivity index (χ2n) is 4.15. The molecule has 0 heterocycles. The van der Waals surface area contributed by atoms with Crippen molar-refractivity contribution < 1.29 is 27.4 Å². The lowest BCUT2D eigenvalue weighted by Gasteiger charge is -2.13. The molecule has 1 aromatic rings. The number of ether oxygens (including phenoxy) is 1. The number of halogens is 4. The number of benzene rings is 1. The lowest BCUT2D eigenvalue weighted by atomic mass is 10.0. The van der Waals surface area contributed by atoms with Crippen molar-refractivity contribution in [1.29, 1.82) is 0 Å². The molecule has 0 aromatic heterocycles. The second kappa shape index (κ2) is 6.86. The molecule has 0 amide bonds. The monoisotopic (exact) mass is 280 g/mol. The van der Waals surface area contributed by atoms with E-state index in [-0.39, 0.29) is 18.6 Å². The van der Waals surface area contributed by atoms with Crippen LogP contribution in [0.4, 0.5) is 17.6 Å². The van der Waals surface area contributed by atoms with E-state index in [4.69, 9.17) is 4.74 Å². The maximum Gasteiger partial charge on any atom is 0.419 e. The molecule has 0 saturated carbocycles. The molecule has 0 spiro atoms. The molecule has 0 bridgehead atoms. The highest BCUT2D eigenvalue weighted by Crippen LogP contribution is 2.32. The maximum absolute atomic E-state index is 13.3. The van der Waals surface area contributed by atoms with Crippen LogP contribution in [0.15, 0.2) is 18.2 Å². The van der Waals surface area contributed by atoms with Crippen molar-refractivity contribution in [2.24, 2.45) is 0 Å². The molecule has 1 aromatic carbocycles. The average molecular weight is 280 g/mol. The fraction of sp³-hybridized carbons (Fsp3) is 0.538. The van der Waals surface area contributed by atoms with Gasteiger partial charge in [0.2, 0.25) is 0 Å². The lowest BCUT2D eigenvalue weighted by Crippen LogP contribution is -2.10. The second-order valence-corrected chi connectivity index (χ2v) is 4.15. The van der Waals surface area contributed by atoms with Gasteiger partial charge in [0.15, 0.2) is 0 Å². The van der Waals surface area contributed by atoms with Crippen LogP contribution in [-0.4, -0.2) is 18.3 Å². The molecule has 0 aliphatic heterocycles. The smallest absolute Gasteiger partial charge is 0.388 e. The van der Waals surface area contributed by atoms with E-state index in [2.05, 4.69) is 0 Å². The van der Waals surface area contributed by atoms with Crippen molar-refractivity contribution in [3.8, 4) is 0 Å². The SMILES string of the molecule is CCCOCCC(O)c1ccc(C(F)(F)F)c(F)c1. The summed E-state index contributed by atoms with van der Waals surface area (Å²) in [5, 5.41) is 9.71. The Balaban J connectivity index is 2.67. The van der Waals surface area contributed by atoms with E-state index in [1.165, 1.54) is 0 Å². The largest absolute Gasteiger partial charge is 0.419 e. The van der Waals surface area contributed by atoms with Crippen LogP contribution < -0.4 is 0 Å². The molecule has 1 unspecified atom stereocenters. The molecule has 1 atom stereocenters. The highest BCUT2D eigenvalue weighted by atomic mass is 19.4. The van der Waals surface area contributed by atoms with Gasteiger partial charge in [-0.15, -0.1) is 0 Å². The lowest BCUT2D eigenvalue weighted by molar-refractivity contribution is -0.140. The number of aliphatic hydroxyl groups is 1. The van der Waals surface area contributed by atoms with Gasteiger partial charge in [0.25, 0.3) is 0 Å². The first-order chi connectivity index (χ1) is 8.86. The van der Waals surface area contributed by atoms with Crippen LogP contribution in [0.1, 0.15) is 37.0 Å². The standard InChI is InChI=1S/C13H16F4O2/c1-2-6-19-7-5-12(18)9-3-4-10(11(14)8-9)13(15,16)17/h3-4,8,12,18H,2,5-7H2,1H3. The number of alkyl halides is 3. The topological polar surface area (TPSA) is 29.5 Å². The highest BCUT2D eigenvalue weighted by Gasteiger charge is 2.34. The first-order valence-electron chi connectivity index (χ1n) is 5.98. The van der Waals surface area contributed by atoms with E-state index in [1.807, 2.05) is 6.92 Å². The first-order valence-corrected chi connectivity index (χ1v) is 5.98. The third-order valence-corrected chi connectivity index (χ3v) is 2.57. The summed E-state index contributed by atoms with van der Waals surface area (Å²) in [6.45, 7) is 2.76. The summed E-state index contributed by atoms with van der Waals surface area (Å²) in [4.78, 5) is 0. The van der Waals surface area contributed by atoms with E-state index in [1.54, 1.807) is 0 Å². The van der Waals surface area contributed by atoms with Crippen molar-refractivity contribution in [3.63, 3.8) is 0 Å². The molecular weight excluding hydrogens is 264 g/mol. The van der Waals surface area contributed by atoms with Crippen molar-refractivity contribution >= 4 is 0 Å². The zero-order valence-corrected chi connectivity index (χ0v) is 10.5. The fourth-order valence-electron chi connectivity index (χ4n) is 1.58. The van der Waals surface area contributed by atoms with E-state index in [0.717, 1.165) is 12.5 Å². The summed E-state index contributed by atoms with van der Waals surface area (Å²) >= 11 is 0. The molecule has 0 fully saturated rings. The summed E-state index contributed by atoms with van der Waals surface area (Å²) < 4.78 is 55.5. The van der Waals surface area contributed by atoms with Gasteiger partial charge in [-0.3, -0.25) is 0 Å². The van der Waals surface area contributed by atoms with Gasteiger partial charge in [-0.25, -0.2) is 4.39 Å². The van der Waals surface area contributed by atoms with E-state index < -0.39 is 23.7 Å². The Kier molecular flexibility index (Phi) is 5.75. The molecule has 0 radical (unpaired) electrons. The molecule has 0 aliphatic rings. The van der Waals surface area contributed by atoms with Crippen molar-refractivity contribution in [1.82, 2.24) is 0 Å². The molecular formula is C13H16F4O2. The minimum atomic E-state index is -4.72. The number of rotatable bonds is 6. The normalized spacial score (nSPS) is 13.6. The summed E-state index contributed by atoms with van der Waals surface area (Å²) in [5.41, 5.74) is -1.21. The quantitative estimate of drug-likeness (QED) is 0.636. The Labute approximate surface area is 109 Å². The van der Waals surface area contributed by atoms with Crippen molar-refractivity contribution in [2.45, 2.75) is 32.0 Å². The zero-order valence-electron chi connectivity index (χ0n) is 10.5. The molecule has 108 valence electrons. The van der Waals surface area contributed by atoms with Gasteiger partial charge in [0.05, 0.1) is 11.7 Å². The van der Waals surface area contributed by atoms with Gasteiger partial charge >= 0.3 is 6.18 Å². The Bertz CT molecular complexity index is 404. The van der Waals surface area contributed by atoms with Crippen LogP contribution >= 0.6 is 0 Å². The molecule has 2 nitrogen and oxygen atoms in total. The Morgan fingerprint density at radius 2 is 1.95 bits per heavy atom. The van der Waals surface area contributed by atoms with Crippen LogP contribution in [0.5, 0.6) is 0 Å². The van der Waals surface area contributed by atoms with Crippen LogP contribution in [0.2, 0.25) is 0 Å². The van der Waals surface area contributed by atoms with Crippen molar-refractivity contribution in [2.75, 3.05) is 13.2 Å². The van der Waals surface area contributed by atoms with Gasteiger partial charge in [-0.1, -0.05) is 13.0 Å². The van der Waals surface area contributed by atoms with E-state index >= 15 is 0 Å². The maximum atomic E-state index is 13.3. The number of hydrogen-bond acceptors (Lipinski definition) is 2. The minimum absolute atomic E-state index is 0.116. The van der Waals surface area contributed by atoms with E-state index in [0.29, 0.717) is 18.7 Å². The average Bonchev–Trinajstić information content (AvgIpc) is 2.32. The van der Waals surface area contributed by atoms with Gasteiger partial charge in [0, 0.05) is 19.6 Å². The third-order valence-electron chi connectivity index (χ3n) is 2.57. The van der Waals surface area contributed by atoms with Crippen molar-refractivity contribution in [3.05, 3.63) is 35.1 Å². The Morgan fingerprint density at radius 1 is 1.26 bits per heavy atom. The van der Waals surface area contributed by atoms with Gasteiger partial charge in [-0.05, 0) is 24.1 Å². The summed E-state index contributed by atoms with van der Waals surface area (Å²) in [5.74, 6) is -1.38. The summed E-state index contributed by atoms with van der Waals surface area (Å²) in [7, 11) is 0. The Morgan fingerprint density at radius 3 is 2.47 bits per heavy atom. The van der Waals surface area contributed by atoms with Gasteiger partial charge in [0.1, 0.15) is 5.82 Å². The predicted octanol–water partition coefficient (Wildman–Crippen LogP) is 3.69. The molecule has 1 rings (SSSR count). The van der Waals surface area contributed by atoms with Crippen LogP contribution in [0, 0.1) is 5.82 Å². The highest BCUT2D eigenvalue weighted by molar-refractivity contribution is 5.27. The minimum Gasteiger partial charge on any atom is -0.388 e. The van der Waals surface area contributed by atoms with Gasteiger partial charge < -0.3 is 9.84 Å². The molecule has 0 aliphatic carbocycles. The molecule has 6 heteroatoms. The predicted molar refractivity (Wildman–Crippen MR) is 62.1 cm³/mol. The molecule has 1 N–H and O–H groups in total. The van der Waals surface area contributed by atoms with Crippen LogP contribution in [0.3, 0.4) is 0 Å². The molecule has 19 heavy (non-hydrogen) atoms. The molecule has 0 saturated heterocycles. The number of aliphatic hydroxyl groups excluding tert-OH is 1. The fourth-order valence-corrected chi connectivity index (χ4v) is 1.58. The van der Waals surface area contributed by atoms with E-state index in [9.17, 15) is 22.7 Å². The third kappa shape index (κ3) is 4.80. The van der Waals surface area contributed by atoms with Crippen LogP contribution in [-0.2, 0) is 10.9 Å². The van der Waals surface area contributed by atoms with Gasteiger partial charge in [-0.2, -0.15) is 13.2 Å². The summed E-state index contributed by atoms with van der Waals surface area (Å²) in [6.07, 6.45) is -4.71. The number of hydrogen-bond donors (Lipinski definition) is 1. The Hall–Kier alpha value is -1.14. The summed E-state index contributed by atoms with van der Waals surface area (Å²) in [6, 6.07) is 2.44. The zero-order chi connectivity index (χ0) is 14.5. The van der Waals surface area contributed by atoms with Crippen LogP contribution in [0.25, 0.3) is 0 Å².